The summed E-state index contributed by atoms with van der Waals surface area (Å²) in [6.07, 6.45) is -0.223. The van der Waals surface area contributed by atoms with E-state index in [1.165, 1.54) is 6.07 Å². The minimum atomic E-state index is -0.241. The molecule has 0 radical (unpaired) electrons. The number of hydrogen-bond donors (Lipinski definition) is 0. The van der Waals surface area contributed by atoms with Gasteiger partial charge in [-0.1, -0.05) is 6.07 Å². The highest BCUT2D eigenvalue weighted by molar-refractivity contribution is 5.59. The Hall–Kier alpha value is -1.37. The van der Waals surface area contributed by atoms with Crippen LogP contribution in [0.2, 0.25) is 0 Å². The molecule has 1 fully saturated rings. The van der Waals surface area contributed by atoms with Gasteiger partial charge < -0.3 is 19.1 Å². The van der Waals surface area contributed by atoms with E-state index < -0.39 is 0 Å². The normalized spacial score (nSPS) is 16.5. The summed E-state index contributed by atoms with van der Waals surface area (Å²) in [6.45, 7) is 3.88. The quantitative estimate of drug-likeness (QED) is 0.745. The van der Waals surface area contributed by atoms with E-state index in [0.29, 0.717) is 11.4 Å². The predicted molar refractivity (Wildman–Crippen MR) is 79.4 cm³/mol. The van der Waals surface area contributed by atoms with Gasteiger partial charge in [0.25, 0.3) is 0 Å². The molecule has 0 bridgehead atoms. The molecule has 0 aliphatic carbocycles. The molecule has 0 amide bonds. The van der Waals surface area contributed by atoms with Crippen molar-refractivity contribution in [2.24, 2.45) is 0 Å². The Morgan fingerprint density at radius 2 is 1.76 bits per heavy atom. The van der Waals surface area contributed by atoms with Crippen LogP contribution in [0.4, 0.5) is 10.1 Å². The second kappa shape index (κ2) is 7.59. The van der Waals surface area contributed by atoms with Gasteiger partial charge in [0.15, 0.2) is 6.29 Å². The number of benzene rings is 1. The number of hydrogen-bond acceptors (Lipinski definition) is 5. The van der Waals surface area contributed by atoms with Crippen LogP contribution >= 0.6 is 0 Å². The van der Waals surface area contributed by atoms with Crippen LogP contribution in [-0.2, 0) is 9.47 Å². The van der Waals surface area contributed by atoms with Crippen molar-refractivity contribution < 1.29 is 18.6 Å². The van der Waals surface area contributed by atoms with E-state index in [-0.39, 0.29) is 12.1 Å². The van der Waals surface area contributed by atoms with Crippen molar-refractivity contribution in [1.82, 2.24) is 4.90 Å². The zero-order chi connectivity index (χ0) is 15.2. The molecule has 6 heteroatoms. The topological polar surface area (TPSA) is 34.2 Å². The van der Waals surface area contributed by atoms with E-state index in [4.69, 9.17) is 14.2 Å². The highest BCUT2D eigenvalue weighted by Gasteiger charge is 2.23. The van der Waals surface area contributed by atoms with Crippen LogP contribution in [0, 0.1) is 5.82 Å². The second-order valence-corrected chi connectivity index (χ2v) is 4.98. The Kier molecular flexibility index (Phi) is 5.78. The van der Waals surface area contributed by atoms with Crippen LogP contribution in [0.25, 0.3) is 0 Å². The number of nitrogens with zero attached hydrogens (tertiary/aromatic N) is 2. The zero-order valence-electron chi connectivity index (χ0n) is 12.8. The van der Waals surface area contributed by atoms with E-state index in [1.54, 1.807) is 33.5 Å². The molecule has 21 heavy (non-hydrogen) atoms. The van der Waals surface area contributed by atoms with E-state index in [2.05, 4.69) is 4.90 Å². The molecular weight excluding hydrogens is 275 g/mol. The Morgan fingerprint density at radius 1 is 1.10 bits per heavy atom. The summed E-state index contributed by atoms with van der Waals surface area (Å²) in [5.74, 6) is 0.338. The van der Waals surface area contributed by atoms with Crippen LogP contribution in [0.3, 0.4) is 0 Å². The smallest absolute Gasteiger partial charge is 0.169 e. The molecule has 0 atom stereocenters. The van der Waals surface area contributed by atoms with E-state index in [1.807, 2.05) is 4.90 Å². The van der Waals surface area contributed by atoms with Crippen molar-refractivity contribution in [1.29, 1.82) is 0 Å². The number of piperazine rings is 1. The first-order valence-corrected chi connectivity index (χ1v) is 7.05. The van der Waals surface area contributed by atoms with E-state index in [0.717, 1.165) is 32.7 Å². The maximum Gasteiger partial charge on any atom is 0.169 e. The standard InChI is InChI=1S/C15H23FN2O3/c1-19-13-6-4-5-12(16)15(13)18-9-7-17(8-10-18)11-14(20-2)21-3/h4-6,14H,7-11H2,1-3H3. The lowest BCUT2D eigenvalue weighted by molar-refractivity contribution is -0.116. The summed E-state index contributed by atoms with van der Waals surface area (Å²) in [5, 5.41) is 0. The van der Waals surface area contributed by atoms with Gasteiger partial charge in [0.05, 0.1) is 7.11 Å². The third kappa shape index (κ3) is 3.84. The third-order valence-corrected chi connectivity index (χ3v) is 3.79. The van der Waals surface area contributed by atoms with E-state index in [9.17, 15) is 4.39 Å². The third-order valence-electron chi connectivity index (χ3n) is 3.79. The number of rotatable bonds is 6. The summed E-state index contributed by atoms with van der Waals surface area (Å²) in [5.41, 5.74) is 0.551. The van der Waals surface area contributed by atoms with Gasteiger partial charge in [-0.25, -0.2) is 4.39 Å². The van der Waals surface area contributed by atoms with Gasteiger partial charge in [0.1, 0.15) is 17.3 Å². The summed E-state index contributed by atoms with van der Waals surface area (Å²) in [7, 11) is 4.83. The Balaban J connectivity index is 1.98. The number of para-hydroxylation sites is 1. The average Bonchev–Trinajstić information content (AvgIpc) is 2.53. The predicted octanol–water partition coefficient (Wildman–Crippen LogP) is 1.58. The molecule has 1 aromatic rings. The molecule has 1 aliphatic heterocycles. The molecule has 5 nitrogen and oxygen atoms in total. The van der Waals surface area contributed by atoms with Crippen LogP contribution in [0.15, 0.2) is 18.2 Å². The zero-order valence-corrected chi connectivity index (χ0v) is 12.8. The molecule has 0 unspecified atom stereocenters. The lowest BCUT2D eigenvalue weighted by atomic mass is 10.2. The molecule has 1 aliphatic rings. The Labute approximate surface area is 125 Å². The highest BCUT2D eigenvalue weighted by atomic mass is 19.1. The van der Waals surface area contributed by atoms with Gasteiger partial charge in [-0.3, -0.25) is 4.90 Å². The number of halogens is 1. The molecule has 118 valence electrons. The first-order valence-electron chi connectivity index (χ1n) is 7.05. The molecule has 1 heterocycles. The summed E-state index contributed by atoms with van der Waals surface area (Å²) < 4.78 is 29.8. The Bertz CT molecular complexity index is 447. The van der Waals surface area contributed by atoms with Crippen molar-refractivity contribution in [3.8, 4) is 5.75 Å². The van der Waals surface area contributed by atoms with E-state index >= 15 is 0 Å². The summed E-state index contributed by atoms with van der Waals surface area (Å²) in [4.78, 5) is 4.28. The van der Waals surface area contributed by atoms with Gasteiger partial charge in [-0.05, 0) is 12.1 Å². The van der Waals surface area contributed by atoms with Crippen LogP contribution in [-0.4, -0.2) is 65.2 Å². The van der Waals surface area contributed by atoms with Crippen molar-refractivity contribution >= 4 is 5.69 Å². The minimum Gasteiger partial charge on any atom is -0.494 e. The van der Waals surface area contributed by atoms with Crippen molar-refractivity contribution in [2.45, 2.75) is 6.29 Å². The average molecular weight is 298 g/mol. The molecule has 0 saturated carbocycles. The van der Waals surface area contributed by atoms with Gasteiger partial charge in [-0.15, -0.1) is 0 Å². The summed E-state index contributed by atoms with van der Waals surface area (Å²) >= 11 is 0. The van der Waals surface area contributed by atoms with Crippen LogP contribution < -0.4 is 9.64 Å². The second-order valence-electron chi connectivity index (χ2n) is 4.98. The summed E-state index contributed by atoms with van der Waals surface area (Å²) in [6, 6.07) is 4.92. The highest BCUT2D eigenvalue weighted by Crippen LogP contribution is 2.31. The molecule has 0 aromatic heterocycles. The lowest BCUT2D eigenvalue weighted by Gasteiger charge is -2.37. The van der Waals surface area contributed by atoms with Crippen molar-refractivity contribution in [3.63, 3.8) is 0 Å². The van der Waals surface area contributed by atoms with Crippen LogP contribution in [0.1, 0.15) is 0 Å². The monoisotopic (exact) mass is 298 g/mol. The van der Waals surface area contributed by atoms with Crippen molar-refractivity contribution in [3.05, 3.63) is 24.0 Å². The number of anilines is 1. The lowest BCUT2D eigenvalue weighted by Crippen LogP contribution is -2.49. The van der Waals surface area contributed by atoms with Gasteiger partial charge in [0.2, 0.25) is 0 Å². The van der Waals surface area contributed by atoms with Crippen molar-refractivity contribution in [2.75, 3.05) is 59.0 Å². The fourth-order valence-corrected chi connectivity index (χ4v) is 2.58. The first-order chi connectivity index (χ1) is 10.2. The Morgan fingerprint density at radius 3 is 2.33 bits per heavy atom. The SMILES string of the molecule is COc1cccc(F)c1N1CCN(CC(OC)OC)CC1. The van der Waals surface area contributed by atoms with Gasteiger partial charge >= 0.3 is 0 Å². The maximum absolute atomic E-state index is 14.1. The molecular formula is C15H23FN2O3. The van der Waals surface area contributed by atoms with Gasteiger partial charge in [0, 0.05) is 46.9 Å². The fourth-order valence-electron chi connectivity index (χ4n) is 2.58. The minimum absolute atomic E-state index is 0.223. The van der Waals surface area contributed by atoms with Gasteiger partial charge in [-0.2, -0.15) is 0 Å². The fraction of sp³-hybridized carbons (Fsp3) is 0.600. The first kappa shape index (κ1) is 16.0. The molecule has 1 saturated heterocycles. The largest absolute Gasteiger partial charge is 0.494 e. The number of methoxy groups -OCH3 is 3. The molecule has 0 N–H and O–H groups in total. The molecule has 1 aromatic carbocycles. The van der Waals surface area contributed by atoms with Crippen LogP contribution in [0.5, 0.6) is 5.75 Å². The number of ether oxygens (including phenoxy) is 3. The maximum atomic E-state index is 14.1. The molecule has 2 rings (SSSR count). The molecule has 0 spiro atoms.